The van der Waals surface area contributed by atoms with Crippen molar-refractivity contribution >= 4 is 22.5 Å². The third-order valence-corrected chi connectivity index (χ3v) is 6.21. The number of anilines is 1. The van der Waals surface area contributed by atoms with Gasteiger partial charge in [-0.2, -0.15) is 18.3 Å². The number of halogens is 4. The quantitative estimate of drug-likeness (QED) is 0.231. The Kier molecular flexibility index (Phi) is 6.25. The highest BCUT2D eigenvalue weighted by Crippen LogP contribution is 2.35. The minimum Gasteiger partial charge on any atom is -0.434 e. The van der Waals surface area contributed by atoms with Gasteiger partial charge in [0, 0.05) is 30.6 Å². The molecule has 41 heavy (non-hydrogen) atoms. The molecule has 3 aromatic carbocycles. The normalized spacial score (nSPS) is 11.6. The van der Waals surface area contributed by atoms with E-state index >= 15 is 0 Å². The van der Waals surface area contributed by atoms with E-state index in [2.05, 4.69) is 25.6 Å². The smallest absolute Gasteiger partial charge is 0.434 e. The molecule has 0 aliphatic rings. The van der Waals surface area contributed by atoms with Gasteiger partial charge in [-0.3, -0.25) is 9.89 Å². The van der Waals surface area contributed by atoms with E-state index in [4.69, 9.17) is 4.74 Å². The number of ether oxygens (including phenoxy) is 1. The van der Waals surface area contributed by atoms with Gasteiger partial charge in [0.05, 0.1) is 40.4 Å². The fraction of sp³-hybridized carbons (Fsp3) is 0.0714. The lowest BCUT2D eigenvalue weighted by Crippen LogP contribution is -2.20. The molecule has 6 aromatic rings. The third-order valence-electron chi connectivity index (χ3n) is 6.21. The second-order valence-corrected chi connectivity index (χ2v) is 9.07. The minimum absolute atomic E-state index is 0.0766. The number of aryl methyl sites for hydroxylation is 1. The van der Waals surface area contributed by atoms with Crippen LogP contribution in [0.25, 0.3) is 27.8 Å². The molecule has 1 amide bonds. The number of para-hydroxylation sites is 1. The van der Waals surface area contributed by atoms with Gasteiger partial charge in [-0.05, 0) is 36.4 Å². The van der Waals surface area contributed by atoms with Gasteiger partial charge in [-0.25, -0.2) is 14.1 Å². The highest BCUT2D eigenvalue weighted by Gasteiger charge is 2.40. The Hall–Kier alpha value is -5.46. The standard InChI is InChI=1S/C28H19F4N7O2/c1-38-14-23(33-15-38)16-7-9-19-22(11-16)36-37-27(19)41-24-10-8-17(12-21(24)29)35-26(40)20-13-34-39(25(20)28(30,31)32)18-5-3-2-4-6-18/h2-15H,1H3,(H,35,40)(H,36,37). The average molecular weight is 561 g/mol. The van der Waals surface area contributed by atoms with E-state index in [1.807, 2.05) is 29.9 Å². The topological polar surface area (TPSA) is 103 Å². The lowest BCUT2D eigenvalue weighted by molar-refractivity contribution is -0.143. The van der Waals surface area contributed by atoms with Gasteiger partial charge in [0.1, 0.15) is 0 Å². The molecule has 2 N–H and O–H groups in total. The maximum atomic E-state index is 15.0. The van der Waals surface area contributed by atoms with Crippen molar-refractivity contribution in [3.8, 4) is 28.6 Å². The average Bonchev–Trinajstić information content (AvgIpc) is 3.69. The number of alkyl halides is 3. The third kappa shape index (κ3) is 5.00. The summed E-state index contributed by atoms with van der Waals surface area (Å²) in [5.41, 5.74) is 0.349. The lowest BCUT2D eigenvalue weighted by Gasteiger charge is -2.13. The molecule has 0 saturated carbocycles. The summed E-state index contributed by atoms with van der Waals surface area (Å²) in [6.07, 6.45) is -0.514. The van der Waals surface area contributed by atoms with Crippen LogP contribution in [-0.2, 0) is 13.2 Å². The molecule has 0 bridgehead atoms. The number of H-pyrrole nitrogens is 1. The van der Waals surface area contributed by atoms with E-state index in [1.165, 1.54) is 24.3 Å². The fourth-order valence-corrected chi connectivity index (χ4v) is 4.31. The number of hydrogen-bond donors (Lipinski definition) is 2. The van der Waals surface area contributed by atoms with Gasteiger partial charge < -0.3 is 14.6 Å². The van der Waals surface area contributed by atoms with Crippen LogP contribution >= 0.6 is 0 Å². The highest BCUT2D eigenvalue weighted by atomic mass is 19.4. The van der Waals surface area contributed by atoms with E-state index in [-0.39, 0.29) is 23.0 Å². The van der Waals surface area contributed by atoms with Gasteiger partial charge in [0.2, 0.25) is 5.88 Å². The molecule has 0 radical (unpaired) electrons. The van der Waals surface area contributed by atoms with Gasteiger partial charge in [0.15, 0.2) is 17.3 Å². The second kappa shape index (κ2) is 9.93. The summed E-state index contributed by atoms with van der Waals surface area (Å²) in [7, 11) is 1.86. The van der Waals surface area contributed by atoms with Gasteiger partial charge in [-0.15, -0.1) is 5.10 Å². The molecule has 3 aromatic heterocycles. The van der Waals surface area contributed by atoms with Gasteiger partial charge in [0.25, 0.3) is 5.91 Å². The Morgan fingerprint density at radius 3 is 2.56 bits per heavy atom. The molecular weight excluding hydrogens is 542 g/mol. The van der Waals surface area contributed by atoms with Crippen LogP contribution in [-0.4, -0.2) is 35.4 Å². The Bertz CT molecular complexity index is 1890. The Morgan fingerprint density at radius 2 is 1.85 bits per heavy atom. The first kappa shape index (κ1) is 25.8. The number of nitrogens with one attached hydrogen (secondary N) is 2. The Morgan fingerprint density at radius 1 is 1.05 bits per heavy atom. The number of fused-ring (bicyclic) bond motifs is 1. The van der Waals surface area contributed by atoms with E-state index in [1.54, 1.807) is 30.6 Å². The first-order valence-electron chi connectivity index (χ1n) is 12.1. The van der Waals surface area contributed by atoms with Crippen molar-refractivity contribution in [2.75, 3.05) is 5.32 Å². The molecule has 206 valence electrons. The number of hydrogen-bond acceptors (Lipinski definition) is 5. The van der Waals surface area contributed by atoms with Gasteiger partial charge in [-0.1, -0.05) is 24.3 Å². The summed E-state index contributed by atoms with van der Waals surface area (Å²) in [5, 5.41) is 13.6. The molecule has 0 spiro atoms. The number of benzene rings is 3. The number of rotatable bonds is 6. The molecule has 0 unspecified atom stereocenters. The van der Waals surface area contributed by atoms with Crippen LogP contribution in [0.2, 0.25) is 0 Å². The largest absolute Gasteiger partial charge is 0.434 e. The molecule has 13 heteroatoms. The number of carbonyl (C=O) groups is 1. The van der Waals surface area contributed by atoms with Crippen LogP contribution in [0.4, 0.5) is 23.2 Å². The second-order valence-electron chi connectivity index (χ2n) is 9.07. The van der Waals surface area contributed by atoms with Crippen LogP contribution in [0.3, 0.4) is 0 Å². The highest BCUT2D eigenvalue weighted by molar-refractivity contribution is 6.05. The zero-order valence-electron chi connectivity index (χ0n) is 21.1. The summed E-state index contributed by atoms with van der Waals surface area (Å²) < 4.78 is 64.8. The predicted molar refractivity (Wildman–Crippen MR) is 141 cm³/mol. The molecule has 0 aliphatic carbocycles. The Balaban J connectivity index is 1.22. The van der Waals surface area contributed by atoms with E-state index in [0.717, 1.165) is 23.5 Å². The summed E-state index contributed by atoms with van der Waals surface area (Å²) >= 11 is 0. The maximum absolute atomic E-state index is 15.0. The van der Waals surface area contributed by atoms with Crippen LogP contribution in [0.1, 0.15) is 16.1 Å². The summed E-state index contributed by atoms with van der Waals surface area (Å²) in [5.74, 6) is -2.04. The van der Waals surface area contributed by atoms with Crippen LogP contribution in [0.5, 0.6) is 11.6 Å². The molecule has 0 aliphatic heterocycles. The summed E-state index contributed by atoms with van der Waals surface area (Å²) in [6.45, 7) is 0. The zero-order valence-corrected chi connectivity index (χ0v) is 21.1. The van der Waals surface area contributed by atoms with Crippen molar-refractivity contribution in [2.24, 2.45) is 7.05 Å². The molecule has 3 heterocycles. The maximum Gasteiger partial charge on any atom is 0.434 e. The first-order chi connectivity index (χ1) is 19.7. The predicted octanol–water partition coefficient (Wildman–Crippen LogP) is 6.35. The van der Waals surface area contributed by atoms with Crippen LogP contribution < -0.4 is 10.1 Å². The zero-order chi connectivity index (χ0) is 28.7. The molecule has 0 saturated heterocycles. The van der Waals surface area contributed by atoms with E-state index in [9.17, 15) is 22.4 Å². The molecule has 0 fully saturated rings. The summed E-state index contributed by atoms with van der Waals surface area (Å²) in [6, 6.07) is 16.5. The molecule has 0 atom stereocenters. The molecular formula is C28H19F4N7O2. The monoisotopic (exact) mass is 561 g/mol. The molecule has 9 nitrogen and oxygen atoms in total. The van der Waals surface area contributed by atoms with Crippen molar-refractivity contribution in [3.05, 3.63) is 103 Å². The number of imidazole rings is 1. The number of carbonyl (C=O) groups excluding carboxylic acids is 1. The lowest BCUT2D eigenvalue weighted by atomic mass is 10.1. The van der Waals surface area contributed by atoms with Gasteiger partial charge >= 0.3 is 6.18 Å². The van der Waals surface area contributed by atoms with Crippen molar-refractivity contribution in [3.63, 3.8) is 0 Å². The first-order valence-corrected chi connectivity index (χ1v) is 12.1. The number of nitrogens with zero attached hydrogens (tertiary/aromatic N) is 5. The number of aromatic nitrogens is 6. The minimum atomic E-state index is -4.88. The Labute approximate surface area is 229 Å². The van der Waals surface area contributed by atoms with Crippen molar-refractivity contribution in [1.82, 2.24) is 29.5 Å². The van der Waals surface area contributed by atoms with Crippen molar-refractivity contribution in [2.45, 2.75) is 6.18 Å². The number of aromatic amines is 1. The van der Waals surface area contributed by atoms with Crippen LogP contribution in [0, 0.1) is 5.82 Å². The van der Waals surface area contributed by atoms with E-state index < -0.39 is 29.2 Å². The van der Waals surface area contributed by atoms with Crippen molar-refractivity contribution < 1.29 is 27.1 Å². The SMILES string of the molecule is Cn1cnc(-c2ccc3c(Oc4ccc(NC(=O)c5cnn(-c6ccccc6)c5C(F)(F)F)cc4F)n[nH]c3c2)c1. The molecule has 6 rings (SSSR count). The summed E-state index contributed by atoms with van der Waals surface area (Å²) in [4.78, 5) is 17.1. The number of amides is 1. The van der Waals surface area contributed by atoms with E-state index in [0.29, 0.717) is 15.6 Å². The van der Waals surface area contributed by atoms with Crippen LogP contribution in [0.15, 0.2) is 85.5 Å². The van der Waals surface area contributed by atoms with Crippen molar-refractivity contribution in [1.29, 1.82) is 0 Å². The fourth-order valence-electron chi connectivity index (χ4n) is 4.31.